The summed E-state index contributed by atoms with van der Waals surface area (Å²) in [5.74, 6) is -0.870. The molecule has 1 fully saturated rings. The maximum atomic E-state index is 13.5. The Labute approximate surface area is 149 Å². The van der Waals surface area contributed by atoms with Gasteiger partial charge in [0.2, 0.25) is 0 Å². The molecule has 1 N–H and O–H groups in total. The van der Waals surface area contributed by atoms with E-state index in [4.69, 9.17) is 0 Å². The first-order valence-corrected chi connectivity index (χ1v) is 7.57. The van der Waals surface area contributed by atoms with E-state index in [1.165, 1.54) is 0 Å². The van der Waals surface area contributed by atoms with E-state index in [9.17, 15) is 52.7 Å². The maximum absolute atomic E-state index is 13.5. The molecule has 160 valence electrons. The Morgan fingerprint density at radius 2 is 1.14 bits per heavy atom. The Balaban J connectivity index is 3.12. The predicted octanol–water partition coefficient (Wildman–Crippen LogP) is 6.43. The molecule has 0 amide bonds. The van der Waals surface area contributed by atoms with Gasteiger partial charge >= 0.3 is 24.7 Å². The smallest absolute Gasteiger partial charge is 0.313 e. The van der Waals surface area contributed by atoms with Gasteiger partial charge in [0.15, 0.2) is 0 Å². The molecule has 28 heavy (non-hydrogen) atoms. The van der Waals surface area contributed by atoms with Gasteiger partial charge in [-0.1, -0.05) is 0 Å². The van der Waals surface area contributed by atoms with E-state index in [0.29, 0.717) is 0 Å². The summed E-state index contributed by atoms with van der Waals surface area (Å²) in [5, 5.41) is 2.09. The molecule has 0 radical (unpaired) electrons. The summed E-state index contributed by atoms with van der Waals surface area (Å²) < 4.78 is 159. The van der Waals surface area contributed by atoms with Crippen LogP contribution < -0.4 is 5.32 Å². The van der Waals surface area contributed by atoms with Crippen LogP contribution in [-0.4, -0.2) is 7.05 Å². The van der Waals surface area contributed by atoms with E-state index in [0.717, 1.165) is 7.05 Å². The lowest BCUT2D eigenvalue weighted by atomic mass is 9.84. The number of halogens is 12. The molecule has 1 aliphatic rings. The summed E-state index contributed by atoms with van der Waals surface area (Å²) in [6, 6.07) is -2.74. The average Bonchev–Trinajstić information content (AvgIpc) is 3.27. The number of rotatable bonds is 3. The topological polar surface area (TPSA) is 12.0 Å². The minimum absolute atomic E-state index is 0.114. The van der Waals surface area contributed by atoms with Crippen LogP contribution in [0.5, 0.6) is 0 Å². The van der Waals surface area contributed by atoms with Gasteiger partial charge in [0.05, 0.1) is 22.3 Å². The first-order chi connectivity index (χ1) is 12.4. The molecule has 1 atom stereocenters. The van der Waals surface area contributed by atoms with Gasteiger partial charge in [0, 0.05) is 6.04 Å². The minimum Gasteiger partial charge on any atom is -0.313 e. The lowest BCUT2D eigenvalue weighted by Gasteiger charge is -2.30. The zero-order chi connectivity index (χ0) is 21.9. The largest absolute Gasteiger partial charge is 0.417 e. The Bertz CT molecular complexity index is 734. The first-order valence-electron chi connectivity index (χ1n) is 7.57. The Morgan fingerprint density at radius 3 is 1.43 bits per heavy atom. The molecule has 13 heteroatoms. The fourth-order valence-corrected chi connectivity index (χ4v) is 3.11. The van der Waals surface area contributed by atoms with Gasteiger partial charge in [-0.3, -0.25) is 0 Å². The van der Waals surface area contributed by atoms with Crippen LogP contribution in [0.4, 0.5) is 52.7 Å². The van der Waals surface area contributed by atoms with Crippen molar-refractivity contribution in [2.75, 3.05) is 7.05 Å². The van der Waals surface area contributed by atoms with E-state index < -0.39 is 70.5 Å². The third kappa shape index (κ3) is 4.33. The number of benzene rings is 1. The zero-order valence-electron chi connectivity index (χ0n) is 13.7. The van der Waals surface area contributed by atoms with Crippen LogP contribution in [0.1, 0.15) is 46.7 Å². The highest BCUT2D eigenvalue weighted by atomic mass is 19.4. The third-order valence-corrected chi connectivity index (χ3v) is 4.26. The molecule has 1 unspecified atom stereocenters. The highest BCUT2D eigenvalue weighted by Crippen LogP contribution is 2.55. The monoisotopic (exact) mass is 433 g/mol. The van der Waals surface area contributed by atoms with Gasteiger partial charge in [0.25, 0.3) is 0 Å². The number of alkyl halides is 12. The average molecular weight is 433 g/mol. The minimum atomic E-state index is -6.20. The molecule has 1 nitrogen and oxygen atoms in total. The van der Waals surface area contributed by atoms with Crippen molar-refractivity contribution < 1.29 is 52.7 Å². The molecule has 1 aromatic carbocycles. The van der Waals surface area contributed by atoms with Gasteiger partial charge in [-0.2, -0.15) is 52.7 Å². The van der Waals surface area contributed by atoms with Crippen molar-refractivity contribution in [2.45, 2.75) is 43.6 Å². The van der Waals surface area contributed by atoms with Crippen LogP contribution in [0.25, 0.3) is 0 Å². The van der Waals surface area contributed by atoms with Gasteiger partial charge in [-0.15, -0.1) is 0 Å². The summed E-state index contributed by atoms with van der Waals surface area (Å²) in [4.78, 5) is 0. The lowest BCUT2D eigenvalue weighted by molar-refractivity contribution is -0.177. The molecular formula is C15H11F12N. The molecule has 1 saturated carbocycles. The van der Waals surface area contributed by atoms with Crippen molar-refractivity contribution in [3.63, 3.8) is 0 Å². The summed E-state index contributed by atoms with van der Waals surface area (Å²) >= 11 is 0. The molecule has 2 rings (SSSR count). The van der Waals surface area contributed by atoms with E-state index >= 15 is 0 Å². The second kappa shape index (κ2) is 6.70. The molecule has 0 aliphatic heterocycles. The highest BCUT2D eigenvalue weighted by molar-refractivity contribution is 5.53. The van der Waals surface area contributed by atoms with E-state index in [2.05, 4.69) is 5.32 Å². The molecule has 0 heterocycles. The van der Waals surface area contributed by atoms with Crippen molar-refractivity contribution in [3.05, 3.63) is 33.9 Å². The van der Waals surface area contributed by atoms with Crippen LogP contribution in [-0.2, 0) is 24.7 Å². The van der Waals surface area contributed by atoms with Gasteiger partial charge in [-0.25, -0.2) is 0 Å². The Kier molecular flexibility index (Phi) is 5.41. The third-order valence-electron chi connectivity index (χ3n) is 4.26. The maximum Gasteiger partial charge on any atom is 0.417 e. The standard InChI is InChI=1S/C15H11F12N/c1-28-11(5-2-3-5)8-6(12(16,17)18)4-7(13(19,20)21)9(14(22,23)24)10(8)15(25,26)27/h4-5,11,28H,2-3H2,1H3. The summed E-state index contributed by atoms with van der Waals surface area (Å²) in [5.41, 5.74) is -13.4. The second-order valence-electron chi connectivity index (χ2n) is 6.23. The summed E-state index contributed by atoms with van der Waals surface area (Å²) in [6.45, 7) is 0. The lowest BCUT2D eigenvalue weighted by Crippen LogP contribution is -2.32. The Hall–Kier alpha value is -1.66. The Morgan fingerprint density at radius 1 is 0.714 bits per heavy atom. The van der Waals surface area contributed by atoms with Crippen LogP contribution in [0, 0.1) is 5.92 Å². The van der Waals surface area contributed by atoms with Crippen molar-refractivity contribution in [1.82, 2.24) is 5.32 Å². The van der Waals surface area contributed by atoms with Crippen molar-refractivity contribution in [1.29, 1.82) is 0 Å². The molecule has 0 saturated heterocycles. The van der Waals surface area contributed by atoms with Gasteiger partial charge in [0.1, 0.15) is 0 Å². The van der Waals surface area contributed by atoms with Crippen molar-refractivity contribution >= 4 is 0 Å². The van der Waals surface area contributed by atoms with Crippen LogP contribution >= 0.6 is 0 Å². The van der Waals surface area contributed by atoms with E-state index in [1.54, 1.807) is 0 Å². The van der Waals surface area contributed by atoms with E-state index in [1.807, 2.05) is 0 Å². The van der Waals surface area contributed by atoms with Crippen LogP contribution in [0.2, 0.25) is 0 Å². The van der Waals surface area contributed by atoms with Crippen molar-refractivity contribution in [3.8, 4) is 0 Å². The fraction of sp³-hybridized carbons (Fsp3) is 0.600. The number of hydrogen-bond donors (Lipinski definition) is 1. The number of nitrogens with one attached hydrogen (secondary N) is 1. The summed E-state index contributed by atoms with van der Waals surface area (Å²) in [6.07, 6.45) is -23.9. The molecule has 1 aromatic rings. The molecular weight excluding hydrogens is 422 g/mol. The summed E-state index contributed by atoms with van der Waals surface area (Å²) in [7, 11) is 0.925. The van der Waals surface area contributed by atoms with Crippen LogP contribution in [0.15, 0.2) is 6.07 Å². The van der Waals surface area contributed by atoms with E-state index in [-0.39, 0.29) is 12.8 Å². The molecule has 0 aromatic heterocycles. The number of hydrogen-bond acceptors (Lipinski definition) is 1. The SMILES string of the molecule is CNC(c1c(C(F)(F)F)cc(C(F)(F)F)c(C(F)(F)F)c1C(F)(F)F)C1CC1. The fourth-order valence-electron chi connectivity index (χ4n) is 3.11. The normalized spacial score (nSPS) is 17.8. The van der Waals surface area contributed by atoms with Gasteiger partial charge in [-0.05, 0) is 37.4 Å². The van der Waals surface area contributed by atoms with Crippen LogP contribution in [0.3, 0.4) is 0 Å². The highest BCUT2D eigenvalue weighted by Gasteiger charge is 2.55. The molecule has 0 spiro atoms. The zero-order valence-corrected chi connectivity index (χ0v) is 13.7. The first kappa shape index (κ1) is 22.6. The molecule has 1 aliphatic carbocycles. The van der Waals surface area contributed by atoms with Gasteiger partial charge < -0.3 is 5.32 Å². The van der Waals surface area contributed by atoms with Crippen molar-refractivity contribution in [2.24, 2.45) is 5.92 Å². The quantitative estimate of drug-likeness (QED) is 0.542. The second-order valence-corrected chi connectivity index (χ2v) is 6.23. The predicted molar refractivity (Wildman–Crippen MR) is 71.0 cm³/mol. The molecule has 0 bridgehead atoms.